The first kappa shape index (κ1) is 11.7. The van der Waals surface area contributed by atoms with Crippen LogP contribution in [0.1, 0.15) is 5.56 Å². The molecule has 4 heteroatoms. The number of rotatable bonds is 2. The van der Waals surface area contributed by atoms with Crippen molar-refractivity contribution in [3.8, 4) is 11.8 Å². The van der Waals surface area contributed by atoms with E-state index in [0.29, 0.717) is 11.2 Å². The number of hydrogen-bond donors (Lipinski definition) is 1. The second kappa shape index (κ2) is 4.71. The first-order valence-electron chi connectivity index (χ1n) is 5.95. The molecule has 0 amide bonds. The second-order valence-electron chi connectivity index (χ2n) is 4.28. The van der Waals surface area contributed by atoms with Crippen LogP contribution in [0.3, 0.4) is 0 Å². The van der Waals surface area contributed by atoms with Crippen molar-refractivity contribution in [2.75, 3.05) is 0 Å². The Morgan fingerprint density at radius 1 is 1.11 bits per heavy atom. The van der Waals surface area contributed by atoms with Gasteiger partial charge in [-0.25, -0.2) is 0 Å². The van der Waals surface area contributed by atoms with E-state index >= 15 is 0 Å². The number of nitrogens with zero attached hydrogens (tertiary/aromatic N) is 2. The van der Waals surface area contributed by atoms with E-state index < -0.39 is 0 Å². The Balaban J connectivity index is 2.16. The standard InChI is InChI=1S/C15H11N3S/c16-10-9-11-5-7-12(8-6-11)18-14-4-2-1-3-13(14)17-15(18)19/h1-8H,9H2,(H,17,19). The molecule has 0 aliphatic rings. The summed E-state index contributed by atoms with van der Waals surface area (Å²) in [4.78, 5) is 3.19. The summed E-state index contributed by atoms with van der Waals surface area (Å²) in [5, 5.41) is 8.68. The summed E-state index contributed by atoms with van der Waals surface area (Å²) in [6, 6.07) is 18.1. The van der Waals surface area contributed by atoms with Gasteiger partial charge in [-0.3, -0.25) is 4.57 Å². The molecular formula is C15H11N3S. The summed E-state index contributed by atoms with van der Waals surface area (Å²) < 4.78 is 2.68. The van der Waals surface area contributed by atoms with Crippen LogP contribution in [0.15, 0.2) is 48.5 Å². The summed E-state index contributed by atoms with van der Waals surface area (Å²) in [5.74, 6) is 0. The second-order valence-corrected chi connectivity index (χ2v) is 4.67. The number of H-pyrrole nitrogens is 1. The molecular weight excluding hydrogens is 254 g/mol. The average Bonchev–Trinajstić information content (AvgIpc) is 2.76. The Labute approximate surface area is 115 Å². The largest absolute Gasteiger partial charge is 0.330 e. The fraction of sp³-hybridized carbons (Fsp3) is 0.0667. The number of imidazole rings is 1. The monoisotopic (exact) mass is 265 g/mol. The van der Waals surface area contributed by atoms with Crippen LogP contribution in [0, 0.1) is 16.1 Å². The van der Waals surface area contributed by atoms with Crippen molar-refractivity contribution in [1.82, 2.24) is 9.55 Å². The Morgan fingerprint density at radius 2 is 1.84 bits per heavy atom. The normalized spacial score (nSPS) is 10.5. The highest BCUT2D eigenvalue weighted by Gasteiger charge is 2.05. The smallest absolute Gasteiger partial charge is 0.182 e. The Bertz CT molecular complexity index is 819. The summed E-state index contributed by atoms with van der Waals surface area (Å²) in [5.41, 5.74) is 4.09. The third kappa shape index (κ3) is 2.05. The van der Waals surface area contributed by atoms with Crippen LogP contribution in [-0.4, -0.2) is 9.55 Å². The average molecular weight is 265 g/mol. The molecule has 0 bridgehead atoms. The number of aromatic amines is 1. The number of nitriles is 1. The van der Waals surface area contributed by atoms with Crippen LogP contribution < -0.4 is 0 Å². The third-order valence-corrected chi connectivity index (χ3v) is 3.35. The molecule has 3 aromatic rings. The SMILES string of the molecule is N#CCc1ccc(-n2c(=S)[nH]c3ccccc32)cc1. The van der Waals surface area contributed by atoms with E-state index in [4.69, 9.17) is 17.5 Å². The number of benzene rings is 2. The molecule has 1 aromatic heterocycles. The summed E-state index contributed by atoms with van der Waals surface area (Å²) >= 11 is 5.37. The molecule has 3 nitrogen and oxygen atoms in total. The van der Waals surface area contributed by atoms with Gasteiger partial charge in [-0.1, -0.05) is 24.3 Å². The van der Waals surface area contributed by atoms with Gasteiger partial charge in [0.05, 0.1) is 23.5 Å². The highest BCUT2D eigenvalue weighted by molar-refractivity contribution is 7.71. The molecule has 0 atom stereocenters. The lowest BCUT2D eigenvalue weighted by Crippen LogP contribution is -1.94. The highest BCUT2D eigenvalue weighted by Crippen LogP contribution is 2.19. The van der Waals surface area contributed by atoms with Gasteiger partial charge in [-0.05, 0) is 42.0 Å². The molecule has 92 valence electrons. The van der Waals surface area contributed by atoms with Crippen LogP contribution in [0.5, 0.6) is 0 Å². The van der Waals surface area contributed by atoms with Crippen molar-refractivity contribution in [2.45, 2.75) is 6.42 Å². The number of para-hydroxylation sites is 2. The van der Waals surface area contributed by atoms with Gasteiger partial charge in [0.1, 0.15) is 0 Å². The minimum Gasteiger partial charge on any atom is -0.330 e. The summed E-state index contributed by atoms with van der Waals surface area (Å²) in [7, 11) is 0. The Hall–Kier alpha value is -2.38. The van der Waals surface area contributed by atoms with Crippen LogP contribution in [0.25, 0.3) is 16.7 Å². The summed E-state index contributed by atoms with van der Waals surface area (Å²) in [6.45, 7) is 0. The van der Waals surface area contributed by atoms with E-state index in [0.717, 1.165) is 22.3 Å². The van der Waals surface area contributed by atoms with Crippen molar-refractivity contribution in [3.05, 3.63) is 58.9 Å². The van der Waals surface area contributed by atoms with E-state index in [1.807, 2.05) is 53.1 Å². The first-order chi connectivity index (χ1) is 9.29. The van der Waals surface area contributed by atoms with E-state index in [1.54, 1.807) is 0 Å². The number of nitrogens with one attached hydrogen (secondary N) is 1. The van der Waals surface area contributed by atoms with Gasteiger partial charge >= 0.3 is 0 Å². The molecule has 0 saturated carbocycles. The zero-order valence-corrected chi connectivity index (χ0v) is 10.9. The molecule has 0 aliphatic heterocycles. The van der Waals surface area contributed by atoms with Gasteiger partial charge in [0.2, 0.25) is 0 Å². The van der Waals surface area contributed by atoms with Crippen LogP contribution in [-0.2, 0) is 6.42 Å². The molecule has 3 rings (SSSR count). The predicted molar refractivity (Wildman–Crippen MR) is 77.8 cm³/mol. The maximum atomic E-state index is 8.68. The molecule has 0 radical (unpaired) electrons. The fourth-order valence-electron chi connectivity index (χ4n) is 2.17. The molecule has 0 spiro atoms. The molecule has 2 aromatic carbocycles. The Kier molecular flexibility index (Phi) is 2.90. The topological polar surface area (TPSA) is 44.5 Å². The van der Waals surface area contributed by atoms with Crippen LogP contribution >= 0.6 is 12.2 Å². The summed E-state index contributed by atoms with van der Waals surface area (Å²) in [6.07, 6.45) is 0.430. The van der Waals surface area contributed by atoms with Gasteiger partial charge in [0.25, 0.3) is 0 Å². The van der Waals surface area contributed by atoms with E-state index in [-0.39, 0.29) is 0 Å². The van der Waals surface area contributed by atoms with Gasteiger partial charge in [-0.2, -0.15) is 5.26 Å². The van der Waals surface area contributed by atoms with Gasteiger partial charge in [0, 0.05) is 5.69 Å². The molecule has 19 heavy (non-hydrogen) atoms. The predicted octanol–water partition coefficient (Wildman–Crippen LogP) is 3.75. The lowest BCUT2D eigenvalue weighted by atomic mass is 10.1. The van der Waals surface area contributed by atoms with Crippen molar-refractivity contribution < 1.29 is 0 Å². The lowest BCUT2D eigenvalue weighted by Gasteiger charge is -2.05. The quantitative estimate of drug-likeness (QED) is 0.717. The fourth-order valence-corrected chi connectivity index (χ4v) is 2.48. The van der Waals surface area contributed by atoms with Crippen molar-refractivity contribution in [2.24, 2.45) is 0 Å². The third-order valence-electron chi connectivity index (χ3n) is 3.07. The molecule has 0 aliphatic carbocycles. The maximum Gasteiger partial charge on any atom is 0.182 e. The molecule has 1 heterocycles. The zero-order chi connectivity index (χ0) is 13.2. The van der Waals surface area contributed by atoms with Crippen LogP contribution in [0.4, 0.5) is 0 Å². The van der Waals surface area contributed by atoms with E-state index in [1.165, 1.54) is 0 Å². The molecule has 0 saturated heterocycles. The molecule has 0 fully saturated rings. The van der Waals surface area contributed by atoms with E-state index in [9.17, 15) is 0 Å². The van der Waals surface area contributed by atoms with Crippen molar-refractivity contribution >= 4 is 23.3 Å². The van der Waals surface area contributed by atoms with Gasteiger partial charge in [-0.15, -0.1) is 0 Å². The highest BCUT2D eigenvalue weighted by atomic mass is 32.1. The van der Waals surface area contributed by atoms with Crippen LogP contribution in [0.2, 0.25) is 0 Å². The van der Waals surface area contributed by atoms with Gasteiger partial charge < -0.3 is 4.98 Å². The number of hydrogen-bond acceptors (Lipinski definition) is 2. The minimum atomic E-state index is 0.430. The van der Waals surface area contributed by atoms with E-state index in [2.05, 4.69) is 11.1 Å². The zero-order valence-electron chi connectivity index (χ0n) is 10.1. The minimum absolute atomic E-state index is 0.430. The Morgan fingerprint density at radius 3 is 2.58 bits per heavy atom. The molecule has 0 unspecified atom stereocenters. The van der Waals surface area contributed by atoms with Crippen molar-refractivity contribution in [1.29, 1.82) is 5.26 Å². The van der Waals surface area contributed by atoms with Gasteiger partial charge in [0.15, 0.2) is 4.77 Å². The number of fused-ring (bicyclic) bond motifs is 1. The lowest BCUT2D eigenvalue weighted by molar-refractivity contribution is 1.06. The molecule has 1 N–H and O–H groups in total. The first-order valence-corrected chi connectivity index (χ1v) is 6.36. The maximum absolute atomic E-state index is 8.68. The number of aromatic nitrogens is 2. The van der Waals surface area contributed by atoms with Crippen molar-refractivity contribution in [3.63, 3.8) is 0 Å².